The molecule has 1 atom stereocenters. The number of rotatable bonds is 5. The van der Waals surface area contributed by atoms with Crippen molar-refractivity contribution in [3.05, 3.63) is 48.0 Å². The largest absolute Gasteiger partial charge is 0.336 e. The minimum absolute atomic E-state index is 0.0766. The van der Waals surface area contributed by atoms with Gasteiger partial charge in [-0.15, -0.1) is 10.2 Å². The average molecular weight is 353 g/mol. The Morgan fingerprint density at radius 3 is 2.54 bits per heavy atom. The maximum atomic E-state index is 12.1. The lowest BCUT2D eigenvalue weighted by molar-refractivity contribution is 0.250. The Bertz CT molecular complexity index is 895. The van der Waals surface area contributed by atoms with Gasteiger partial charge in [-0.05, 0) is 51.1 Å². The number of hydrogen-bond donors (Lipinski definition) is 2. The van der Waals surface area contributed by atoms with Gasteiger partial charge in [-0.2, -0.15) is 5.10 Å². The highest BCUT2D eigenvalue weighted by atomic mass is 16.2. The van der Waals surface area contributed by atoms with Gasteiger partial charge in [-0.3, -0.25) is 4.68 Å². The van der Waals surface area contributed by atoms with E-state index in [1.165, 1.54) is 0 Å². The summed E-state index contributed by atoms with van der Waals surface area (Å²) in [6.45, 7) is 6.48. The van der Waals surface area contributed by atoms with Crippen molar-refractivity contribution >= 4 is 11.7 Å². The van der Waals surface area contributed by atoms with Gasteiger partial charge in [-0.25, -0.2) is 4.79 Å². The molecular weight excluding hydrogens is 330 g/mol. The van der Waals surface area contributed by atoms with Crippen LogP contribution in [0.1, 0.15) is 24.4 Å². The van der Waals surface area contributed by atoms with E-state index in [9.17, 15) is 4.79 Å². The van der Waals surface area contributed by atoms with Crippen molar-refractivity contribution in [3.63, 3.8) is 0 Å². The number of urea groups is 1. The van der Waals surface area contributed by atoms with Crippen LogP contribution in [0.5, 0.6) is 0 Å². The van der Waals surface area contributed by atoms with Gasteiger partial charge in [-0.1, -0.05) is 0 Å². The molecule has 0 aliphatic heterocycles. The van der Waals surface area contributed by atoms with E-state index in [4.69, 9.17) is 0 Å². The number of hydrogen-bond acceptors (Lipinski definition) is 4. The van der Waals surface area contributed by atoms with Gasteiger partial charge in [0.05, 0.1) is 11.7 Å². The second-order valence-corrected chi connectivity index (χ2v) is 6.40. The van der Waals surface area contributed by atoms with Crippen LogP contribution < -0.4 is 10.6 Å². The summed E-state index contributed by atoms with van der Waals surface area (Å²) >= 11 is 0. The van der Waals surface area contributed by atoms with Crippen LogP contribution in [0.15, 0.2) is 36.7 Å². The predicted octanol–water partition coefficient (Wildman–Crippen LogP) is 2.68. The van der Waals surface area contributed by atoms with Crippen molar-refractivity contribution < 1.29 is 4.79 Å². The first-order chi connectivity index (χ1) is 12.4. The lowest BCUT2D eigenvalue weighted by Crippen LogP contribution is -2.33. The highest BCUT2D eigenvalue weighted by molar-refractivity contribution is 5.89. The Hall–Kier alpha value is -3.16. The Balaban J connectivity index is 1.55. The minimum atomic E-state index is -0.246. The van der Waals surface area contributed by atoms with Crippen LogP contribution in [-0.4, -0.2) is 37.1 Å². The topological polar surface area (TPSA) is 89.7 Å². The lowest BCUT2D eigenvalue weighted by atomic mass is 10.2. The molecule has 0 spiro atoms. The van der Waals surface area contributed by atoms with Crippen LogP contribution in [0.25, 0.3) is 11.4 Å². The van der Waals surface area contributed by atoms with Crippen molar-refractivity contribution in [1.82, 2.24) is 29.9 Å². The number of aromatic nitrogens is 5. The Morgan fingerprint density at radius 2 is 1.96 bits per heavy atom. The Morgan fingerprint density at radius 1 is 1.23 bits per heavy atom. The zero-order chi connectivity index (χ0) is 18.7. The monoisotopic (exact) mass is 353 g/mol. The molecule has 1 unspecified atom stereocenters. The third-order valence-corrected chi connectivity index (χ3v) is 4.13. The maximum Gasteiger partial charge on any atom is 0.319 e. The molecule has 2 heterocycles. The van der Waals surface area contributed by atoms with Crippen molar-refractivity contribution in [1.29, 1.82) is 0 Å². The van der Waals surface area contributed by atoms with Crippen LogP contribution in [0.4, 0.5) is 10.5 Å². The minimum Gasteiger partial charge on any atom is -0.336 e. The number of nitrogens with one attached hydrogen (secondary N) is 2. The summed E-state index contributed by atoms with van der Waals surface area (Å²) in [5, 5.41) is 18.1. The first-order valence-corrected chi connectivity index (χ1v) is 8.46. The number of anilines is 1. The van der Waals surface area contributed by atoms with Crippen LogP contribution in [0.3, 0.4) is 0 Å². The molecule has 26 heavy (non-hydrogen) atoms. The van der Waals surface area contributed by atoms with Crippen molar-refractivity contribution in [3.8, 4) is 11.4 Å². The van der Waals surface area contributed by atoms with E-state index < -0.39 is 0 Å². The molecule has 136 valence electrons. The molecule has 1 aromatic carbocycles. The summed E-state index contributed by atoms with van der Waals surface area (Å²) in [4.78, 5) is 12.1. The summed E-state index contributed by atoms with van der Waals surface area (Å²) in [5.41, 5.74) is 3.71. The molecule has 0 aliphatic rings. The number of amides is 2. The molecule has 3 rings (SSSR count). The maximum absolute atomic E-state index is 12.1. The fraction of sp³-hybridized carbons (Fsp3) is 0.333. The normalized spacial score (nSPS) is 12.0. The molecule has 0 saturated heterocycles. The fourth-order valence-electron chi connectivity index (χ4n) is 2.84. The smallest absolute Gasteiger partial charge is 0.319 e. The molecule has 0 saturated carbocycles. The second kappa shape index (κ2) is 7.38. The summed E-state index contributed by atoms with van der Waals surface area (Å²) in [6.07, 6.45) is 1.65. The van der Waals surface area contributed by atoms with E-state index in [1.807, 2.05) is 67.4 Å². The number of benzene rings is 1. The van der Waals surface area contributed by atoms with Crippen molar-refractivity contribution in [2.45, 2.75) is 26.8 Å². The van der Waals surface area contributed by atoms with Gasteiger partial charge >= 0.3 is 6.03 Å². The Kier molecular flexibility index (Phi) is 5.01. The standard InChI is InChI=1S/C18H23N7O/c1-12-9-13(2)25(23-12)14(3)10-19-18(26)21-16-7-5-15(6-8-16)17-22-20-11-24(17)4/h5-9,11,14H,10H2,1-4H3,(H2,19,21,26). The van der Waals surface area contributed by atoms with Crippen molar-refractivity contribution in [2.75, 3.05) is 11.9 Å². The van der Waals surface area contributed by atoms with Gasteiger partial charge in [0, 0.05) is 30.5 Å². The molecule has 2 amide bonds. The van der Waals surface area contributed by atoms with E-state index in [-0.39, 0.29) is 12.1 Å². The second-order valence-electron chi connectivity index (χ2n) is 6.40. The molecule has 0 radical (unpaired) electrons. The van der Waals surface area contributed by atoms with E-state index >= 15 is 0 Å². The SMILES string of the molecule is Cc1cc(C)n(C(C)CNC(=O)Nc2ccc(-c3nncn3C)cc2)n1. The van der Waals surface area contributed by atoms with Crippen LogP contribution in [-0.2, 0) is 7.05 Å². The van der Waals surface area contributed by atoms with Gasteiger partial charge in [0.2, 0.25) is 0 Å². The molecule has 2 N–H and O–H groups in total. The average Bonchev–Trinajstić information content (AvgIpc) is 3.18. The molecule has 3 aromatic rings. The highest BCUT2D eigenvalue weighted by Gasteiger charge is 2.11. The third-order valence-electron chi connectivity index (χ3n) is 4.13. The molecule has 8 heteroatoms. The quantitative estimate of drug-likeness (QED) is 0.738. The van der Waals surface area contributed by atoms with E-state index in [0.717, 1.165) is 22.8 Å². The van der Waals surface area contributed by atoms with Gasteiger partial charge < -0.3 is 15.2 Å². The van der Waals surface area contributed by atoms with E-state index in [2.05, 4.69) is 25.9 Å². The van der Waals surface area contributed by atoms with E-state index in [1.54, 1.807) is 6.33 Å². The summed E-state index contributed by atoms with van der Waals surface area (Å²) in [5.74, 6) is 0.778. The summed E-state index contributed by atoms with van der Waals surface area (Å²) < 4.78 is 3.76. The van der Waals surface area contributed by atoms with Crippen molar-refractivity contribution in [2.24, 2.45) is 7.05 Å². The molecular formula is C18H23N7O. The number of carbonyl (C=O) groups is 1. The Labute approximate surface area is 152 Å². The number of carbonyl (C=O) groups excluding carboxylic acids is 1. The van der Waals surface area contributed by atoms with E-state index in [0.29, 0.717) is 12.2 Å². The summed E-state index contributed by atoms with van der Waals surface area (Å²) in [7, 11) is 1.89. The van der Waals surface area contributed by atoms with Gasteiger partial charge in [0.15, 0.2) is 5.82 Å². The number of nitrogens with zero attached hydrogens (tertiary/aromatic N) is 5. The summed E-state index contributed by atoms with van der Waals surface area (Å²) in [6, 6.07) is 9.34. The fourth-order valence-corrected chi connectivity index (χ4v) is 2.84. The zero-order valence-corrected chi connectivity index (χ0v) is 15.4. The highest BCUT2D eigenvalue weighted by Crippen LogP contribution is 2.18. The predicted molar refractivity (Wildman–Crippen MR) is 99.9 cm³/mol. The van der Waals surface area contributed by atoms with Crippen LogP contribution in [0.2, 0.25) is 0 Å². The molecule has 0 bridgehead atoms. The first kappa shape index (κ1) is 17.7. The molecule has 0 fully saturated rings. The molecule has 2 aromatic heterocycles. The van der Waals surface area contributed by atoms with Crippen LogP contribution >= 0.6 is 0 Å². The molecule has 8 nitrogen and oxygen atoms in total. The van der Waals surface area contributed by atoms with Gasteiger partial charge in [0.25, 0.3) is 0 Å². The molecule has 0 aliphatic carbocycles. The lowest BCUT2D eigenvalue weighted by Gasteiger charge is -2.15. The first-order valence-electron chi connectivity index (χ1n) is 8.46. The van der Waals surface area contributed by atoms with Gasteiger partial charge in [0.1, 0.15) is 6.33 Å². The zero-order valence-electron chi connectivity index (χ0n) is 15.4. The van der Waals surface area contributed by atoms with Crippen LogP contribution in [0, 0.1) is 13.8 Å². The number of aryl methyl sites for hydroxylation is 3. The third kappa shape index (κ3) is 3.90.